The zero-order valence-corrected chi connectivity index (χ0v) is 10.5. The van der Waals surface area contributed by atoms with Crippen molar-refractivity contribution in [1.29, 1.82) is 0 Å². The first-order valence-electron chi connectivity index (χ1n) is 6.71. The highest BCUT2D eigenvalue weighted by molar-refractivity contribution is 5.74. The van der Waals surface area contributed by atoms with E-state index in [-0.39, 0.29) is 11.8 Å². The van der Waals surface area contributed by atoms with Crippen LogP contribution in [0.1, 0.15) is 62.6 Å². The Kier molecular flexibility index (Phi) is 2.84. The van der Waals surface area contributed by atoms with E-state index in [2.05, 4.69) is 17.1 Å². The second-order valence-corrected chi connectivity index (χ2v) is 5.75. The van der Waals surface area contributed by atoms with Crippen molar-refractivity contribution in [2.24, 2.45) is 11.8 Å². The van der Waals surface area contributed by atoms with Crippen molar-refractivity contribution in [3.8, 4) is 0 Å². The average molecular weight is 250 g/mol. The molecule has 1 heterocycles. The second kappa shape index (κ2) is 4.37. The van der Waals surface area contributed by atoms with Crippen LogP contribution >= 0.6 is 0 Å². The molecule has 0 saturated heterocycles. The van der Waals surface area contributed by atoms with Crippen LogP contribution in [0.3, 0.4) is 0 Å². The third-order valence-electron chi connectivity index (χ3n) is 4.18. The number of aliphatic carboxylic acids is 1. The van der Waals surface area contributed by atoms with Crippen LogP contribution < -0.4 is 0 Å². The van der Waals surface area contributed by atoms with Crippen molar-refractivity contribution < 1.29 is 14.4 Å². The summed E-state index contributed by atoms with van der Waals surface area (Å²) in [6, 6.07) is 0. The van der Waals surface area contributed by atoms with Gasteiger partial charge in [-0.15, -0.1) is 0 Å². The topological polar surface area (TPSA) is 76.2 Å². The molecule has 2 fully saturated rings. The lowest BCUT2D eigenvalue weighted by atomic mass is 9.82. The fourth-order valence-corrected chi connectivity index (χ4v) is 2.97. The molecule has 2 aliphatic rings. The van der Waals surface area contributed by atoms with E-state index in [4.69, 9.17) is 9.63 Å². The monoisotopic (exact) mass is 250 g/mol. The Morgan fingerprint density at radius 1 is 1.39 bits per heavy atom. The van der Waals surface area contributed by atoms with Gasteiger partial charge in [-0.2, -0.15) is 4.98 Å². The second-order valence-electron chi connectivity index (χ2n) is 5.75. The van der Waals surface area contributed by atoms with Crippen LogP contribution in [0.4, 0.5) is 0 Å². The van der Waals surface area contributed by atoms with Gasteiger partial charge in [0, 0.05) is 5.92 Å². The number of nitrogens with zero attached hydrogens (tertiary/aromatic N) is 2. The lowest BCUT2D eigenvalue weighted by Crippen LogP contribution is -2.12. The van der Waals surface area contributed by atoms with E-state index in [1.165, 1.54) is 12.8 Å². The van der Waals surface area contributed by atoms with Crippen molar-refractivity contribution in [2.45, 2.75) is 50.9 Å². The van der Waals surface area contributed by atoms with E-state index < -0.39 is 5.97 Å². The SMILES string of the molecule is CC1CCCC(c2noc(C3CC3C(=O)O)n2)C1. The highest BCUT2D eigenvalue weighted by Gasteiger charge is 2.48. The van der Waals surface area contributed by atoms with Gasteiger partial charge in [-0.3, -0.25) is 4.79 Å². The Balaban J connectivity index is 1.68. The third-order valence-corrected chi connectivity index (χ3v) is 4.18. The average Bonchev–Trinajstić information content (AvgIpc) is 3.00. The first kappa shape index (κ1) is 11.7. The molecule has 3 rings (SSSR count). The maximum absolute atomic E-state index is 10.8. The lowest BCUT2D eigenvalue weighted by molar-refractivity contribution is -0.138. The quantitative estimate of drug-likeness (QED) is 0.892. The summed E-state index contributed by atoms with van der Waals surface area (Å²) in [5.74, 6) is 1.30. The molecular formula is C13H18N2O3. The number of aromatic nitrogens is 2. The molecule has 0 radical (unpaired) electrons. The summed E-state index contributed by atoms with van der Waals surface area (Å²) in [5, 5.41) is 12.9. The summed E-state index contributed by atoms with van der Waals surface area (Å²) in [7, 11) is 0. The maximum Gasteiger partial charge on any atom is 0.307 e. The summed E-state index contributed by atoms with van der Waals surface area (Å²) < 4.78 is 5.23. The van der Waals surface area contributed by atoms with E-state index in [0.29, 0.717) is 18.2 Å². The van der Waals surface area contributed by atoms with Crippen LogP contribution in [0.2, 0.25) is 0 Å². The van der Waals surface area contributed by atoms with Gasteiger partial charge in [-0.25, -0.2) is 0 Å². The molecule has 0 amide bonds. The van der Waals surface area contributed by atoms with E-state index in [1.54, 1.807) is 0 Å². The van der Waals surface area contributed by atoms with Crippen molar-refractivity contribution in [2.75, 3.05) is 0 Å². The predicted octanol–water partition coefficient (Wildman–Crippen LogP) is 2.55. The molecule has 98 valence electrons. The fourth-order valence-electron chi connectivity index (χ4n) is 2.97. The fraction of sp³-hybridized carbons (Fsp3) is 0.769. The van der Waals surface area contributed by atoms with Gasteiger partial charge >= 0.3 is 5.97 Å². The molecule has 1 N–H and O–H groups in total. The molecule has 2 saturated carbocycles. The highest BCUT2D eigenvalue weighted by Crippen LogP contribution is 2.47. The first-order chi connectivity index (χ1) is 8.65. The Bertz CT molecular complexity index is 457. The van der Waals surface area contributed by atoms with Gasteiger partial charge in [-0.1, -0.05) is 24.9 Å². The normalized spacial score (nSPS) is 35.4. The van der Waals surface area contributed by atoms with Crippen molar-refractivity contribution in [3.63, 3.8) is 0 Å². The Morgan fingerprint density at radius 3 is 2.89 bits per heavy atom. The number of carboxylic acids is 1. The highest BCUT2D eigenvalue weighted by atomic mass is 16.5. The Morgan fingerprint density at radius 2 is 2.22 bits per heavy atom. The Hall–Kier alpha value is -1.39. The number of carboxylic acid groups (broad SMARTS) is 1. The summed E-state index contributed by atoms with van der Waals surface area (Å²) in [6.45, 7) is 2.26. The van der Waals surface area contributed by atoms with E-state index in [1.807, 2.05) is 0 Å². The Labute approximate surface area is 106 Å². The van der Waals surface area contributed by atoms with E-state index in [0.717, 1.165) is 24.6 Å². The van der Waals surface area contributed by atoms with Crippen LogP contribution in [0.15, 0.2) is 4.52 Å². The van der Waals surface area contributed by atoms with E-state index >= 15 is 0 Å². The zero-order valence-electron chi connectivity index (χ0n) is 10.5. The molecule has 1 aromatic heterocycles. The minimum Gasteiger partial charge on any atom is -0.481 e. The molecule has 4 atom stereocenters. The molecule has 0 aromatic carbocycles. The largest absolute Gasteiger partial charge is 0.481 e. The zero-order chi connectivity index (χ0) is 12.7. The van der Waals surface area contributed by atoms with Crippen molar-refractivity contribution >= 4 is 5.97 Å². The molecule has 1 aromatic rings. The smallest absolute Gasteiger partial charge is 0.307 e. The molecule has 4 unspecified atom stereocenters. The van der Waals surface area contributed by atoms with Gasteiger partial charge in [0.1, 0.15) is 0 Å². The van der Waals surface area contributed by atoms with Crippen LogP contribution in [-0.2, 0) is 4.79 Å². The van der Waals surface area contributed by atoms with E-state index in [9.17, 15) is 4.79 Å². The molecular weight excluding hydrogens is 232 g/mol. The first-order valence-corrected chi connectivity index (χ1v) is 6.71. The molecule has 5 heteroatoms. The summed E-state index contributed by atoms with van der Waals surface area (Å²) in [6.07, 6.45) is 5.38. The minimum atomic E-state index is -0.758. The number of hydrogen-bond acceptors (Lipinski definition) is 4. The standard InChI is InChI=1S/C13H18N2O3/c1-7-3-2-4-8(5-7)11-14-12(18-15-11)9-6-10(9)13(16)17/h7-10H,2-6H2,1H3,(H,16,17). The predicted molar refractivity (Wildman–Crippen MR) is 63.2 cm³/mol. The number of carbonyl (C=O) groups is 1. The van der Waals surface area contributed by atoms with Crippen LogP contribution in [0.5, 0.6) is 0 Å². The molecule has 2 aliphatic carbocycles. The maximum atomic E-state index is 10.8. The van der Waals surface area contributed by atoms with Crippen LogP contribution in [0, 0.1) is 11.8 Å². The minimum absolute atomic E-state index is 0.0511. The lowest BCUT2D eigenvalue weighted by Gasteiger charge is -2.23. The van der Waals surface area contributed by atoms with Crippen molar-refractivity contribution in [1.82, 2.24) is 10.1 Å². The van der Waals surface area contributed by atoms with Gasteiger partial charge in [-0.05, 0) is 25.2 Å². The van der Waals surface area contributed by atoms with Gasteiger partial charge in [0.05, 0.1) is 11.8 Å². The number of rotatable bonds is 3. The summed E-state index contributed by atoms with van der Waals surface area (Å²) in [4.78, 5) is 15.2. The van der Waals surface area contributed by atoms with Gasteiger partial charge < -0.3 is 9.63 Å². The van der Waals surface area contributed by atoms with Crippen LogP contribution in [0.25, 0.3) is 0 Å². The van der Waals surface area contributed by atoms with Crippen molar-refractivity contribution in [3.05, 3.63) is 11.7 Å². The number of hydrogen-bond donors (Lipinski definition) is 1. The van der Waals surface area contributed by atoms with Gasteiger partial charge in [0.25, 0.3) is 0 Å². The van der Waals surface area contributed by atoms with Gasteiger partial charge in [0.15, 0.2) is 5.82 Å². The summed E-state index contributed by atoms with van der Waals surface area (Å²) in [5.41, 5.74) is 0. The molecule has 18 heavy (non-hydrogen) atoms. The molecule has 0 aliphatic heterocycles. The van der Waals surface area contributed by atoms with Crippen LogP contribution in [-0.4, -0.2) is 21.2 Å². The van der Waals surface area contributed by atoms with Gasteiger partial charge in [0.2, 0.25) is 5.89 Å². The third kappa shape index (κ3) is 2.13. The summed E-state index contributed by atoms with van der Waals surface area (Å²) >= 11 is 0. The molecule has 0 bridgehead atoms. The molecule has 5 nitrogen and oxygen atoms in total. The molecule has 0 spiro atoms.